The molecule has 1 N–H and O–H groups in total. The molecule has 0 spiro atoms. The predicted molar refractivity (Wildman–Crippen MR) is 100 cm³/mol. The molecule has 2 bridgehead atoms. The Labute approximate surface area is 152 Å². The lowest BCUT2D eigenvalue weighted by Crippen LogP contribution is -2.63. The summed E-state index contributed by atoms with van der Waals surface area (Å²) in [4.78, 5) is 10.1. The lowest BCUT2D eigenvalue weighted by Gasteiger charge is -2.57. The number of piperidine rings is 3. The van der Waals surface area contributed by atoms with Gasteiger partial charge in [0.1, 0.15) is 5.82 Å². The van der Waals surface area contributed by atoms with Crippen molar-refractivity contribution in [3.8, 4) is 0 Å². The van der Waals surface area contributed by atoms with Gasteiger partial charge in [0.2, 0.25) is 0 Å². The Morgan fingerprint density at radius 1 is 1.20 bits per heavy atom. The van der Waals surface area contributed by atoms with Gasteiger partial charge in [-0.15, -0.1) is 0 Å². The third-order valence-electron chi connectivity index (χ3n) is 6.75. The zero-order valence-corrected chi connectivity index (χ0v) is 16.2. The van der Waals surface area contributed by atoms with Crippen LogP contribution in [0.5, 0.6) is 0 Å². The van der Waals surface area contributed by atoms with Crippen molar-refractivity contribution in [1.82, 2.24) is 25.0 Å². The van der Waals surface area contributed by atoms with Crippen molar-refractivity contribution < 1.29 is 0 Å². The van der Waals surface area contributed by atoms with E-state index in [9.17, 15) is 0 Å². The highest BCUT2D eigenvalue weighted by atomic mass is 15.3. The van der Waals surface area contributed by atoms with Crippen molar-refractivity contribution in [2.45, 2.75) is 77.9 Å². The summed E-state index contributed by atoms with van der Waals surface area (Å²) in [6.07, 6.45) is 8.47. The first-order valence-electron chi connectivity index (χ1n) is 10.5. The second-order valence-corrected chi connectivity index (χ2v) is 9.13. The van der Waals surface area contributed by atoms with E-state index in [1.54, 1.807) is 0 Å². The number of hydrogen-bond acceptors (Lipinski definition) is 4. The fraction of sp³-hybridized carbons (Fsp3) is 0.900. The summed E-state index contributed by atoms with van der Waals surface area (Å²) in [5.74, 6) is 4.41. The molecule has 3 aliphatic rings. The molecule has 3 aliphatic heterocycles. The monoisotopic (exact) mass is 345 g/mol. The van der Waals surface area contributed by atoms with E-state index >= 15 is 0 Å². The van der Waals surface area contributed by atoms with Crippen molar-refractivity contribution in [1.29, 1.82) is 0 Å². The minimum atomic E-state index is 0.806. The molecule has 0 aromatic carbocycles. The van der Waals surface area contributed by atoms with Crippen LogP contribution in [0.4, 0.5) is 0 Å². The molecule has 140 valence electrons. The molecular formula is C20H35N5. The van der Waals surface area contributed by atoms with Gasteiger partial charge in [0.25, 0.3) is 0 Å². The number of likely N-dealkylation sites (tertiary alicyclic amines) is 1. The Morgan fingerprint density at radius 3 is 2.80 bits per heavy atom. The van der Waals surface area contributed by atoms with Crippen LogP contribution < -0.4 is 0 Å². The van der Waals surface area contributed by atoms with E-state index in [-0.39, 0.29) is 0 Å². The van der Waals surface area contributed by atoms with Crippen LogP contribution in [-0.2, 0) is 6.54 Å². The topological polar surface area (TPSA) is 48.1 Å². The highest BCUT2D eigenvalue weighted by Crippen LogP contribution is 2.42. The Bertz CT molecular complexity index is 568. The number of nitrogens with one attached hydrogen (secondary N) is 1. The first-order chi connectivity index (χ1) is 12.1. The summed E-state index contributed by atoms with van der Waals surface area (Å²) in [7, 11) is 0. The molecule has 5 heteroatoms. The summed E-state index contributed by atoms with van der Waals surface area (Å²) in [6.45, 7) is 11.5. The van der Waals surface area contributed by atoms with Gasteiger partial charge in [-0.2, -0.15) is 5.10 Å². The third-order valence-corrected chi connectivity index (χ3v) is 6.75. The molecule has 3 saturated heterocycles. The van der Waals surface area contributed by atoms with Crippen LogP contribution >= 0.6 is 0 Å². The number of aromatic nitrogens is 3. The largest absolute Gasteiger partial charge is 0.297 e. The van der Waals surface area contributed by atoms with Crippen LogP contribution in [0.25, 0.3) is 0 Å². The van der Waals surface area contributed by atoms with E-state index in [0.717, 1.165) is 48.0 Å². The van der Waals surface area contributed by atoms with Gasteiger partial charge < -0.3 is 0 Å². The Morgan fingerprint density at radius 2 is 2.04 bits per heavy atom. The molecule has 0 radical (unpaired) electrons. The van der Waals surface area contributed by atoms with Gasteiger partial charge in [0.15, 0.2) is 5.82 Å². The zero-order valence-electron chi connectivity index (χ0n) is 16.2. The fourth-order valence-electron chi connectivity index (χ4n) is 5.70. The van der Waals surface area contributed by atoms with Gasteiger partial charge in [-0.25, -0.2) is 4.98 Å². The van der Waals surface area contributed by atoms with E-state index < -0.39 is 0 Å². The quantitative estimate of drug-likeness (QED) is 0.890. The predicted octanol–water partition coefficient (Wildman–Crippen LogP) is 3.22. The molecule has 25 heavy (non-hydrogen) atoms. The Kier molecular flexibility index (Phi) is 5.14. The fourth-order valence-corrected chi connectivity index (χ4v) is 5.70. The molecule has 0 unspecified atom stereocenters. The van der Waals surface area contributed by atoms with E-state index in [1.807, 2.05) is 6.92 Å². The summed E-state index contributed by atoms with van der Waals surface area (Å²) >= 11 is 0. The first-order valence-corrected chi connectivity index (χ1v) is 10.5. The van der Waals surface area contributed by atoms with E-state index in [2.05, 4.69) is 38.8 Å². The molecule has 4 atom stereocenters. The molecule has 1 aromatic heterocycles. The van der Waals surface area contributed by atoms with E-state index in [0.29, 0.717) is 0 Å². The average molecular weight is 346 g/mol. The normalized spacial score (nSPS) is 33.6. The SMILES string of the molecule is Cc1nc(CN2C[C@H]3C[C@@H](C2)[C@H](CCC(C)C)N2CCCC[C@@H]32)n[nH]1. The van der Waals surface area contributed by atoms with Crippen molar-refractivity contribution >= 4 is 0 Å². The van der Waals surface area contributed by atoms with Crippen molar-refractivity contribution in [3.63, 3.8) is 0 Å². The average Bonchev–Trinajstić information content (AvgIpc) is 2.99. The maximum Gasteiger partial charge on any atom is 0.164 e. The molecule has 0 amide bonds. The number of rotatable bonds is 5. The third kappa shape index (κ3) is 3.77. The van der Waals surface area contributed by atoms with Crippen LogP contribution in [0, 0.1) is 24.7 Å². The number of aromatic amines is 1. The summed E-state index contributed by atoms with van der Waals surface area (Å²) in [5, 5.41) is 7.38. The molecule has 4 rings (SSSR count). The van der Waals surface area contributed by atoms with Crippen LogP contribution in [-0.4, -0.2) is 56.7 Å². The minimum Gasteiger partial charge on any atom is -0.297 e. The van der Waals surface area contributed by atoms with Gasteiger partial charge in [-0.1, -0.05) is 20.3 Å². The second-order valence-electron chi connectivity index (χ2n) is 9.13. The Balaban J connectivity index is 1.49. The molecule has 0 aliphatic carbocycles. The lowest BCUT2D eigenvalue weighted by molar-refractivity contribution is -0.0771. The summed E-state index contributed by atoms with van der Waals surface area (Å²) < 4.78 is 0. The maximum absolute atomic E-state index is 4.54. The van der Waals surface area contributed by atoms with Crippen LogP contribution in [0.1, 0.15) is 64.0 Å². The highest BCUT2D eigenvalue weighted by Gasteiger charge is 2.46. The van der Waals surface area contributed by atoms with E-state index in [4.69, 9.17) is 0 Å². The van der Waals surface area contributed by atoms with E-state index in [1.165, 1.54) is 58.2 Å². The van der Waals surface area contributed by atoms with Crippen molar-refractivity contribution in [3.05, 3.63) is 11.6 Å². The molecule has 0 saturated carbocycles. The number of nitrogens with zero attached hydrogens (tertiary/aromatic N) is 4. The number of H-pyrrole nitrogens is 1. The molecule has 4 heterocycles. The Hall–Kier alpha value is -0.940. The second kappa shape index (κ2) is 7.36. The molecule has 5 nitrogen and oxygen atoms in total. The van der Waals surface area contributed by atoms with Crippen LogP contribution in [0.2, 0.25) is 0 Å². The number of fused-ring (bicyclic) bond motifs is 4. The van der Waals surface area contributed by atoms with Gasteiger partial charge in [0, 0.05) is 25.2 Å². The number of hydrogen-bond donors (Lipinski definition) is 1. The smallest absolute Gasteiger partial charge is 0.164 e. The van der Waals surface area contributed by atoms with Crippen LogP contribution in [0.15, 0.2) is 0 Å². The lowest BCUT2D eigenvalue weighted by atomic mass is 9.71. The van der Waals surface area contributed by atoms with Gasteiger partial charge >= 0.3 is 0 Å². The molecular weight excluding hydrogens is 310 g/mol. The van der Waals surface area contributed by atoms with Crippen molar-refractivity contribution in [2.75, 3.05) is 19.6 Å². The molecule has 3 fully saturated rings. The standard InChI is InChI=1S/C20H35N5/c1-14(2)7-8-19-17-10-16(18-6-4-5-9-25(18)19)11-24(12-17)13-20-21-15(3)22-23-20/h14,16-19H,4-13H2,1-3H3,(H,21,22,23)/t16-,17+,18+,19+/m1/s1. The maximum atomic E-state index is 4.54. The van der Waals surface area contributed by atoms with Gasteiger partial charge in [-0.05, 0) is 63.3 Å². The summed E-state index contributed by atoms with van der Waals surface area (Å²) in [5.41, 5.74) is 0. The zero-order chi connectivity index (χ0) is 17.4. The van der Waals surface area contributed by atoms with Crippen LogP contribution in [0.3, 0.4) is 0 Å². The summed E-state index contributed by atoms with van der Waals surface area (Å²) in [6, 6.07) is 1.64. The van der Waals surface area contributed by atoms with Gasteiger partial charge in [-0.3, -0.25) is 14.9 Å². The minimum absolute atomic E-state index is 0.806. The number of aryl methyl sites for hydroxylation is 1. The molecule has 1 aromatic rings. The highest BCUT2D eigenvalue weighted by molar-refractivity contribution is 5.01. The van der Waals surface area contributed by atoms with Gasteiger partial charge in [0.05, 0.1) is 6.54 Å². The van der Waals surface area contributed by atoms with Crippen molar-refractivity contribution in [2.24, 2.45) is 17.8 Å². The first kappa shape index (κ1) is 17.5.